The molecule has 166 valence electrons. The number of carbonyl (C=O) groups is 2. The monoisotopic (exact) mass is 419 g/mol. The van der Waals surface area contributed by atoms with Gasteiger partial charge in [0.1, 0.15) is 5.60 Å². The Morgan fingerprint density at radius 3 is 2.27 bits per heavy atom. The fraction of sp³-hybridized carbons (Fsp3) is 0.545. The van der Waals surface area contributed by atoms with Crippen LogP contribution < -0.4 is 14.8 Å². The summed E-state index contributed by atoms with van der Waals surface area (Å²) in [5.41, 5.74) is 0.735. The number of rotatable bonds is 8. The smallest absolute Gasteiger partial charge is 0.410 e. The Hall–Kier alpha value is -2.74. The van der Waals surface area contributed by atoms with Crippen molar-refractivity contribution in [2.24, 2.45) is 0 Å². The second-order valence-corrected chi connectivity index (χ2v) is 8.03. The predicted molar refractivity (Wildman–Crippen MR) is 117 cm³/mol. The van der Waals surface area contributed by atoms with E-state index in [2.05, 4.69) is 16.3 Å². The molecule has 1 amide bonds. The van der Waals surface area contributed by atoms with Crippen LogP contribution in [0.25, 0.3) is 0 Å². The molecule has 0 radical (unpaired) electrons. The molecule has 1 aliphatic rings. The number of ether oxygens (including phenoxy) is 3. The number of hydrogen-bond donors (Lipinski definition) is 1. The predicted octanol–water partition coefficient (Wildman–Crippen LogP) is 3.04. The van der Waals surface area contributed by atoms with Gasteiger partial charge in [0, 0.05) is 56.6 Å². The van der Waals surface area contributed by atoms with Gasteiger partial charge in [-0.2, -0.15) is 0 Å². The number of carbonyl (C=O) groups excluding carboxylic acids is 2. The summed E-state index contributed by atoms with van der Waals surface area (Å²) in [4.78, 5) is 27.5. The summed E-state index contributed by atoms with van der Waals surface area (Å²) in [6, 6.07) is 3.41. The van der Waals surface area contributed by atoms with Crippen LogP contribution in [-0.2, 0) is 4.74 Å². The minimum atomic E-state index is -0.471. The number of amides is 1. The molecule has 1 N–H and O–H groups in total. The number of nitrogens with one attached hydrogen (secondary N) is 1. The number of anilines is 1. The van der Waals surface area contributed by atoms with Gasteiger partial charge in [0.25, 0.3) is 0 Å². The SMILES string of the molecule is COc1cc(C=O)c(NC/C=C/CN2CCN(C(=O)OC(C)(C)C)CC2)cc1OC. The summed E-state index contributed by atoms with van der Waals surface area (Å²) in [7, 11) is 3.10. The lowest BCUT2D eigenvalue weighted by Gasteiger charge is -2.35. The summed E-state index contributed by atoms with van der Waals surface area (Å²) in [5, 5.41) is 3.23. The van der Waals surface area contributed by atoms with Gasteiger partial charge in [-0.15, -0.1) is 0 Å². The number of piperazine rings is 1. The molecule has 0 saturated carbocycles. The maximum atomic E-state index is 12.1. The van der Waals surface area contributed by atoms with Crippen LogP contribution in [0.2, 0.25) is 0 Å². The molecule has 0 unspecified atom stereocenters. The Morgan fingerprint density at radius 1 is 1.07 bits per heavy atom. The first-order valence-electron chi connectivity index (χ1n) is 10.1. The molecule has 2 rings (SSSR count). The molecule has 1 aromatic carbocycles. The van der Waals surface area contributed by atoms with Crippen LogP contribution in [0.3, 0.4) is 0 Å². The Kier molecular flexibility index (Phi) is 8.53. The van der Waals surface area contributed by atoms with Crippen molar-refractivity contribution in [3.8, 4) is 11.5 Å². The van der Waals surface area contributed by atoms with Crippen LogP contribution in [0.1, 0.15) is 31.1 Å². The largest absolute Gasteiger partial charge is 0.493 e. The van der Waals surface area contributed by atoms with Crippen molar-refractivity contribution in [3.05, 3.63) is 29.8 Å². The summed E-state index contributed by atoms with van der Waals surface area (Å²) < 4.78 is 15.9. The molecule has 0 bridgehead atoms. The number of benzene rings is 1. The van der Waals surface area contributed by atoms with E-state index in [1.165, 1.54) is 7.11 Å². The highest BCUT2D eigenvalue weighted by molar-refractivity contribution is 5.86. The van der Waals surface area contributed by atoms with E-state index in [1.807, 2.05) is 26.8 Å². The second kappa shape index (κ2) is 10.9. The number of aldehydes is 1. The van der Waals surface area contributed by atoms with Gasteiger partial charge < -0.3 is 24.4 Å². The average Bonchev–Trinajstić information content (AvgIpc) is 2.72. The van der Waals surface area contributed by atoms with E-state index < -0.39 is 5.60 Å². The van der Waals surface area contributed by atoms with E-state index in [4.69, 9.17) is 14.2 Å². The zero-order valence-corrected chi connectivity index (χ0v) is 18.6. The normalized spacial score (nSPS) is 15.2. The summed E-state index contributed by atoms with van der Waals surface area (Å²) in [5.74, 6) is 1.09. The molecule has 1 heterocycles. The number of nitrogens with zero attached hydrogens (tertiary/aromatic N) is 2. The standard InChI is InChI=1S/C22H33N3O5/c1-22(2,3)30-21(27)25-12-10-24(11-13-25)9-7-6-8-23-18-15-20(29-5)19(28-4)14-17(18)16-26/h6-7,14-16,23H,8-13H2,1-5H3/b7-6+. The number of methoxy groups -OCH3 is 2. The highest BCUT2D eigenvalue weighted by Crippen LogP contribution is 2.32. The van der Waals surface area contributed by atoms with Gasteiger partial charge >= 0.3 is 6.09 Å². The Labute approximate surface area is 178 Å². The van der Waals surface area contributed by atoms with Crippen molar-refractivity contribution >= 4 is 18.1 Å². The lowest BCUT2D eigenvalue weighted by atomic mass is 10.1. The molecule has 8 heteroatoms. The van der Waals surface area contributed by atoms with Gasteiger partial charge in [0.2, 0.25) is 0 Å². The van der Waals surface area contributed by atoms with Crippen LogP contribution in [0.5, 0.6) is 11.5 Å². The molecular weight excluding hydrogens is 386 g/mol. The highest BCUT2D eigenvalue weighted by Gasteiger charge is 2.25. The van der Waals surface area contributed by atoms with Crippen LogP contribution >= 0.6 is 0 Å². The quantitative estimate of drug-likeness (QED) is 0.512. The molecule has 0 spiro atoms. The van der Waals surface area contributed by atoms with Gasteiger partial charge in [-0.3, -0.25) is 9.69 Å². The Morgan fingerprint density at radius 2 is 1.70 bits per heavy atom. The molecule has 1 aromatic rings. The third kappa shape index (κ3) is 6.95. The minimum absolute atomic E-state index is 0.247. The van der Waals surface area contributed by atoms with Crippen LogP contribution in [0, 0.1) is 0 Å². The molecule has 1 aliphatic heterocycles. The molecule has 0 aliphatic carbocycles. The zero-order chi connectivity index (χ0) is 22.1. The van der Waals surface area contributed by atoms with Crippen LogP contribution in [0.4, 0.5) is 10.5 Å². The van der Waals surface area contributed by atoms with E-state index in [0.29, 0.717) is 42.4 Å². The van der Waals surface area contributed by atoms with Gasteiger partial charge in [0.05, 0.1) is 14.2 Å². The van der Waals surface area contributed by atoms with Crippen molar-refractivity contribution in [2.45, 2.75) is 26.4 Å². The van der Waals surface area contributed by atoms with Gasteiger partial charge in [-0.1, -0.05) is 12.2 Å². The van der Waals surface area contributed by atoms with Gasteiger partial charge in [-0.05, 0) is 26.8 Å². The molecule has 8 nitrogen and oxygen atoms in total. The molecule has 0 atom stereocenters. The first-order chi connectivity index (χ1) is 14.3. The maximum absolute atomic E-state index is 12.1. The summed E-state index contributed by atoms with van der Waals surface area (Å²) in [6.07, 6.45) is 4.64. The molecular formula is C22H33N3O5. The molecule has 0 aromatic heterocycles. The average molecular weight is 420 g/mol. The fourth-order valence-corrected chi connectivity index (χ4v) is 3.06. The van der Waals surface area contributed by atoms with Crippen molar-refractivity contribution in [3.63, 3.8) is 0 Å². The van der Waals surface area contributed by atoms with Crippen LogP contribution in [0.15, 0.2) is 24.3 Å². The van der Waals surface area contributed by atoms with E-state index in [-0.39, 0.29) is 6.09 Å². The van der Waals surface area contributed by atoms with E-state index >= 15 is 0 Å². The first kappa shape index (κ1) is 23.5. The van der Waals surface area contributed by atoms with Gasteiger partial charge in [0.15, 0.2) is 17.8 Å². The minimum Gasteiger partial charge on any atom is -0.493 e. The summed E-state index contributed by atoms with van der Waals surface area (Å²) in [6.45, 7) is 9.94. The molecule has 1 fully saturated rings. The lowest BCUT2D eigenvalue weighted by Crippen LogP contribution is -2.49. The summed E-state index contributed by atoms with van der Waals surface area (Å²) >= 11 is 0. The fourth-order valence-electron chi connectivity index (χ4n) is 3.06. The molecule has 30 heavy (non-hydrogen) atoms. The Bertz CT molecular complexity index is 750. The van der Waals surface area contributed by atoms with E-state index in [0.717, 1.165) is 25.9 Å². The third-order valence-electron chi connectivity index (χ3n) is 4.65. The van der Waals surface area contributed by atoms with Crippen molar-refractivity contribution in [2.75, 3.05) is 58.8 Å². The van der Waals surface area contributed by atoms with Crippen molar-refractivity contribution < 1.29 is 23.8 Å². The Balaban J connectivity index is 1.78. The topological polar surface area (TPSA) is 80.3 Å². The number of hydrogen-bond acceptors (Lipinski definition) is 7. The van der Waals surface area contributed by atoms with Crippen LogP contribution in [-0.4, -0.2) is 81.3 Å². The maximum Gasteiger partial charge on any atom is 0.410 e. The highest BCUT2D eigenvalue weighted by atomic mass is 16.6. The zero-order valence-electron chi connectivity index (χ0n) is 18.6. The van der Waals surface area contributed by atoms with Crippen molar-refractivity contribution in [1.29, 1.82) is 0 Å². The van der Waals surface area contributed by atoms with E-state index in [9.17, 15) is 9.59 Å². The van der Waals surface area contributed by atoms with Crippen molar-refractivity contribution in [1.82, 2.24) is 9.80 Å². The van der Waals surface area contributed by atoms with E-state index in [1.54, 1.807) is 24.1 Å². The second-order valence-electron chi connectivity index (χ2n) is 8.03. The van der Waals surface area contributed by atoms with Gasteiger partial charge in [-0.25, -0.2) is 4.79 Å². The molecule has 1 saturated heterocycles. The first-order valence-corrected chi connectivity index (χ1v) is 10.1. The third-order valence-corrected chi connectivity index (χ3v) is 4.65. The lowest BCUT2D eigenvalue weighted by molar-refractivity contribution is 0.0154.